The van der Waals surface area contributed by atoms with Crippen LogP contribution in [0.3, 0.4) is 0 Å². The van der Waals surface area contributed by atoms with E-state index in [9.17, 15) is 9.90 Å². The van der Waals surface area contributed by atoms with Crippen LogP contribution >= 0.6 is 0 Å². The quantitative estimate of drug-likeness (QED) is 0.446. The molecule has 0 saturated heterocycles. The Labute approximate surface area is 183 Å². The number of ether oxygens (including phenoxy) is 2. The number of imidazole rings is 1. The molecule has 0 spiro atoms. The molecule has 1 amide bonds. The average Bonchev–Trinajstić information content (AvgIpc) is 3.23. The molecule has 0 aliphatic heterocycles. The van der Waals surface area contributed by atoms with E-state index in [0.717, 1.165) is 0 Å². The minimum Gasteiger partial charge on any atom is -0.488 e. The smallest absolute Gasteiger partial charge is 0.291 e. The second kappa shape index (κ2) is 8.94. The first-order valence-corrected chi connectivity index (χ1v) is 9.73. The number of benzene rings is 1. The molecule has 0 saturated carbocycles. The Morgan fingerprint density at radius 3 is 2.53 bits per heavy atom. The third-order valence-corrected chi connectivity index (χ3v) is 4.37. The maximum Gasteiger partial charge on any atom is 0.291 e. The number of nitrogens with zero attached hydrogens (tertiary/aromatic N) is 6. The third-order valence-electron chi connectivity index (χ3n) is 4.37. The van der Waals surface area contributed by atoms with E-state index in [1.807, 2.05) is 0 Å². The Bertz CT molecular complexity index is 1210. The summed E-state index contributed by atoms with van der Waals surface area (Å²) in [7, 11) is 3.25. The van der Waals surface area contributed by atoms with Gasteiger partial charge in [-0.2, -0.15) is 0 Å². The predicted octanol–water partition coefficient (Wildman–Crippen LogP) is 2.06. The molecule has 0 aliphatic rings. The highest BCUT2D eigenvalue weighted by atomic mass is 16.5. The number of hydrogen-bond donors (Lipinski definition) is 2. The molecule has 11 nitrogen and oxygen atoms in total. The van der Waals surface area contributed by atoms with E-state index >= 15 is 0 Å². The summed E-state index contributed by atoms with van der Waals surface area (Å²) < 4.78 is 11.7. The van der Waals surface area contributed by atoms with E-state index in [1.165, 1.54) is 23.6 Å². The first-order valence-electron chi connectivity index (χ1n) is 9.73. The lowest BCUT2D eigenvalue weighted by Gasteiger charge is -2.15. The van der Waals surface area contributed by atoms with Crippen molar-refractivity contribution in [1.82, 2.24) is 34.8 Å². The normalized spacial score (nSPS) is 11.9. The molecule has 0 radical (unpaired) electrons. The summed E-state index contributed by atoms with van der Waals surface area (Å²) in [5, 5.41) is 9.35. The van der Waals surface area contributed by atoms with Gasteiger partial charge in [-0.3, -0.25) is 4.79 Å². The number of aromatic nitrogens is 6. The van der Waals surface area contributed by atoms with Crippen molar-refractivity contribution in [1.29, 1.82) is 0 Å². The summed E-state index contributed by atoms with van der Waals surface area (Å²) in [5.41, 5.74) is 1.90. The zero-order valence-electron chi connectivity index (χ0n) is 17.7. The van der Waals surface area contributed by atoms with Crippen LogP contribution in [-0.2, 0) is 0 Å². The Morgan fingerprint density at radius 1 is 1.09 bits per heavy atom. The van der Waals surface area contributed by atoms with Gasteiger partial charge in [0.25, 0.3) is 5.91 Å². The molecule has 4 rings (SSSR count). The van der Waals surface area contributed by atoms with Crippen molar-refractivity contribution in [3.8, 4) is 28.6 Å². The topological polar surface area (TPSA) is 139 Å². The summed E-state index contributed by atoms with van der Waals surface area (Å²) in [6.45, 7) is 1.61. The average molecular weight is 435 g/mol. The lowest BCUT2D eigenvalue weighted by Crippen LogP contribution is -2.23. The first kappa shape index (κ1) is 21.1. The minimum atomic E-state index is -0.417. The number of fused-ring (bicyclic) bond motifs is 1. The maximum absolute atomic E-state index is 12.0. The molecule has 1 atom stereocenters. The molecule has 164 valence electrons. The van der Waals surface area contributed by atoms with E-state index in [-0.39, 0.29) is 18.3 Å². The van der Waals surface area contributed by atoms with Crippen LogP contribution in [0.4, 0.5) is 0 Å². The van der Waals surface area contributed by atoms with Crippen molar-refractivity contribution < 1.29 is 19.4 Å². The van der Waals surface area contributed by atoms with Gasteiger partial charge in [0.05, 0.1) is 25.2 Å². The largest absolute Gasteiger partial charge is 0.488 e. The second-order valence-electron chi connectivity index (χ2n) is 7.19. The van der Waals surface area contributed by atoms with E-state index in [1.54, 1.807) is 45.4 Å². The zero-order chi connectivity index (χ0) is 22.7. The number of amides is 1. The van der Waals surface area contributed by atoms with Gasteiger partial charge in [-0.05, 0) is 19.1 Å². The number of hydrogen-bond acceptors (Lipinski definition) is 9. The molecule has 2 N–H and O–H groups in total. The van der Waals surface area contributed by atoms with Crippen LogP contribution in [0.2, 0.25) is 0 Å². The molecule has 3 heterocycles. The Balaban J connectivity index is 1.67. The highest BCUT2D eigenvalue weighted by Crippen LogP contribution is 2.32. The minimum absolute atomic E-state index is 0.0697. The molecule has 0 fully saturated rings. The van der Waals surface area contributed by atoms with Crippen molar-refractivity contribution in [2.45, 2.75) is 13.0 Å². The van der Waals surface area contributed by atoms with Crippen LogP contribution in [0.15, 0.2) is 43.1 Å². The number of aliphatic hydroxyl groups is 1. The van der Waals surface area contributed by atoms with Crippen LogP contribution in [0.5, 0.6) is 17.2 Å². The zero-order valence-corrected chi connectivity index (χ0v) is 17.7. The molecule has 0 aliphatic carbocycles. The van der Waals surface area contributed by atoms with Crippen molar-refractivity contribution in [2.75, 3.05) is 20.7 Å². The Morgan fingerprint density at radius 2 is 1.84 bits per heavy atom. The summed E-state index contributed by atoms with van der Waals surface area (Å²) >= 11 is 0. The summed E-state index contributed by atoms with van der Waals surface area (Å²) in [4.78, 5) is 37.3. The van der Waals surface area contributed by atoms with Crippen molar-refractivity contribution >= 4 is 17.1 Å². The Kier molecular flexibility index (Phi) is 5.90. The van der Waals surface area contributed by atoms with Gasteiger partial charge < -0.3 is 24.5 Å². The van der Waals surface area contributed by atoms with Gasteiger partial charge in [-0.1, -0.05) is 0 Å². The summed E-state index contributed by atoms with van der Waals surface area (Å²) in [5.74, 6) is 1.57. The third kappa shape index (κ3) is 4.62. The second-order valence-corrected chi connectivity index (χ2v) is 7.19. The number of H-pyrrole nitrogens is 1. The van der Waals surface area contributed by atoms with Crippen LogP contribution in [-0.4, -0.2) is 72.6 Å². The van der Waals surface area contributed by atoms with Crippen LogP contribution in [0.1, 0.15) is 17.5 Å². The lowest BCUT2D eigenvalue weighted by atomic mass is 10.2. The summed E-state index contributed by atoms with van der Waals surface area (Å²) in [6.07, 6.45) is 5.49. The molecular weight excluding hydrogens is 414 g/mol. The van der Waals surface area contributed by atoms with Gasteiger partial charge in [-0.25, -0.2) is 24.9 Å². The van der Waals surface area contributed by atoms with E-state index in [0.29, 0.717) is 39.8 Å². The van der Waals surface area contributed by atoms with E-state index in [4.69, 9.17) is 9.47 Å². The van der Waals surface area contributed by atoms with Crippen molar-refractivity contribution in [2.24, 2.45) is 0 Å². The number of aliphatic hydroxyl groups excluding tert-OH is 1. The predicted molar refractivity (Wildman–Crippen MR) is 114 cm³/mol. The van der Waals surface area contributed by atoms with E-state index in [2.05, 4.69) is 29.9 Å². The number of carbonyl (C=O) groups excluding carboxylic acids is 1. The SMILES string of the molecule is C[C@@H](CO)Oc1cc(Oc2cnc(C(=O)N(C)C)nc2)cc(-c2nc3ncncc3[nH]2)c1. The van der Waals surface area contributed by atoms with E-state index < -0.39 is 6.10 Å². The van der Waals surface area contributed by atoms with Gasteiger partial charge in [0, 0.05) is 25.7 Å². The molecule has 11 heteroatoms. The molecule has 4 aromatic rings. The number of rotatable bonds is 7. The number of aromatic amines is 1. The molecule has 0 bridgehead atoms. The maximum atomic E-state index is 12.0. The molecule has 32 heavy (non-hydrogen) atoms. The monoisotopic (exact) mass is 435 g/mol. The fourth-order valence-electron chi connectivity index (χ4n) is 2.82. The fraction of sp³-hybridized carbons (Fsp3) is 0.238. The molecule has 3 aromatic heterocycles. The van der Waals surface area contributed by atoms with Gasteiger partial charge in [-0.15, -0.1) is 0 Å². The molecule has 1 aromatic carbocycles. The molecular formula is C21H21N7O4. The highest BCUT2D eigenvalue weighted by Gasteiger charge is 2.14. The van der Waals surface area contributed by atoms with Gasteiger partial charge in [0.1, 0.15) is 35.3 Å². The van der Waals surface area contributed by atoms with Crippen LogP contribution < -0.4 is 9.47 Å². The van der Waals surface area contributed by atoms with Crippen LogP contribution in [0.25, 0.3) is 22.6 Å². The van der Waals surface area contributed by atoms with Gasteiger partial charge >= 0.3 is 0 Å². The first-order chi connectivity index (χ1) is 15.4. The van der Waals surface area contributed by atoms with Crippen LogP contribution in [0, 0.1) is 0 Å². The highest BCUT2D eigenvalue weighted by molar-refractivity contribution is 5.90. The molecule has 0 unspecified atom stereocenters. The Hall–Kier alpha value is -4.12. The summed E-state index contributed by atoms with van der Waals surface area (Å²) in [6, 6.07) is 5.22. The van der Waals surface area contributed by atoms with Gasteiger partial charge in [0.2, 0.25) is 5.82 Å². The van der Waals surface area contributed by atoms with Crippen molar-refractivity contribution in [3.05, 3.63) is 48.9 Å². The van der Waals surface area contributed by atoms with Crippen molar-refractivity contribution in [3.63, 3.8) is 0 Å². The van der Waals surface area contributed by atoms with Gasteiger partial charge in [0.15, 0.2) is 11.4 Å². The fourth-order valence-corrected chi connectivity index (χ4v) is 2.82. The number of nitrogens with one attached hydrogen (secondary N) is 1. The standard InChI is InChI=1S/C21H21N7O4/c1-12(10-29)31-14-4-13(18-26-17-9-22-11-25-19(17)27-18)5-15(6-14)32-16-7-23-20(24-8-16)21(30)28(2)3/h4-9,11-12,29H,10H2,1-3H3,(H,22,25,26,27)/t12-/m0/s1. The lowest BCUT2D eigenvalue weighted by molar-refractivity contribution is 0.0815. The number of carbonyl (C=O) groups is 1.